The van der Waals surface area contributed by atoms with Crippen LogP contribution in [0.15, 0.2) is 195 Å². The van der Waals surface area contributed by atoms with E-state index in [1.54, 1.807) is 26.0 Å². The van der Waals surface area contributed by atoms with Crippen LogP contribution in [0.2, 0.25) is 0 Å². The van der Waals surface area contributed by atoms with Crippen molar-refractivity contribution < 1.29 is 63.0 Å². The molecule has 9 aromatic carbocycles. The van der Waals surface area contributed by atoms with Crippen LogP contribution in [0, 0.1) is 0 Å². The van der Waals surface area contributed by atoms with Gasteiger partial charge in [-0.2, -0.15) is 0 Å². The fourth-order valence-electron chi connectivity index (χ4n) is 7.31. The first-order valence-electron chi connectivity index (χ1n) is 23.8. The van der Waals surface area contributed by atoms with Gasteiger partial charge in [0.15, 0.2) is 6.29 Å². The Morgan fingerprint density at radius 3 is 1.17 bits per heavy atom. The summed E-state index contributed by atoms with van der Waals surface area (Å²) in [6.07, 6.45) is 5.36. The Morgan fingerprint density at radius 1 is 0.480 bits per heavy atom. The third-order valence-corrected chi connectivity index (χ3v) is 16.3. The number of halogens is 4. The number of hydrogen-bond donors (Lipinski definition) is 0. The smallest absolute Gasteiger partial charge is 1.00 e. The van der Waals surface area contributed by atoms with E-state index >= 15 is 0 Å². The number of carbonyl (C=O) groups excluding carboxylic acids is 1. The molecule has 75 heavy (non-hydrogen) atoms. The van der Waals surface area contributed by atoms with Crippen LogP contribution in [0.4, 0.5) is 0 Å². The van der Waals surface area contributed by atoms with Gasteiger partial charge in [0.05, 0.1) is 38.3 Å². The third kappa shape index (κ3) is 20.8. The van der Waals surface area contributed by atoms with Crippen molar-refractivity contribution in [1.82, 2.24) is 0 Å². The van der Waals surface area contributed by atoms with Gasteiger partial charge in [0.1, 0.15) is 0 Å². The Bertz CT molecular complexity index is 3050. The van der Waals surface area contributed by atoms with Gasteiger partial charge in [0, 0.05) is 24.3 Å². The predicted octanol–water partition coefficient (Wildman–Crippen LogP) is 17.5. The Hall–Kier alpha value is -3.19. The SMILES string of the molecule is BrCc1ccc(Br)cc1.Brc1ccc(/C=C/c2c3ccccc3cc3ccccc23)cc1.C.CCOP(=O)(OCC)c1ccc(Br)cc1.CCOP(OCC)OCC.O=Cc1c2ccccc2cc2ccccc12.[H-].[Na+]. The van der Waals surface area contributed by atoms with Gasteiger partial charge in [-0.1, -0.05) is 205 Å². The molecule has 7 nitrogen and oxygen atoms in total. The van der Waals surface area contributed by atoms with Crippen molar-refractivity contribution >= 4 is 147 Å². The van der Waals surface area contributed by atoms with E-state index in [-0.39, 0.29) is 38.4 Å². The average molecular weight is 1310 g/mol. The van der Waals surface area contributed by atoms with Crippen LogP contribution in [-0.2, 0) is 32.5 Å². The van der Waals surface area contributed by atoms with Gasteiger partial charge in [0.25, 0.3) is 0 Å². The molecule has 14 heteroatoms. The topological polar surface area (TPSA) is 80.3 Å². The number of rotatable bonds is 15. The molecule has 0 aliphatic carbocycles. The standard InChI is InChI=1S/C22H15Br.C15H10O.C10H14BrO3P.C7H6Br2.C6H15O3P.CH4.Na.H/c23-19-12-9-16(10-13-19)11-14-22-20-7-3-1-5-17(20)15-18-6-2-4-8-21(18)22;16-10-15-13-7-3-1-5-11(13)9-12-6-2-4-8-14(12)15;1-3-13-15(12,14-4-2)10-7-5-9(11)6-8-10;8-5-6-1-3-7(9)4-2-6;1-4-7-10(8-5-2)9-6-3;;;/h1-15H;1-10H;5-8H,3-4H2,1-2H3;1-4H,5H2;4-6H2,1-3H3;1H4;;/q;;;;;;+1;-1/b14-11+;;;;;;;. The summed E-state index contributed by atoms with van der Waals surface area (Å²) in [7, 11) is -4.17. The van der Waals surface area contributed by atoms with Crippen LogP contribution in [0.1, 0.15) is 70.5 Å². The minimum Gasteiger partial charge on any atom is -1.00 e. The van der Waals surface area contributed by atoms with E-state index in [4.69, 9.17) is 22.6 Å². The summed E-state index contributed by atoms with van der Waals surface area (Å²) < 4.78 is 41.3. The molecule has 390 valence electrons. The number of aldehydes is 1. The fourth-order valence-corrected chi connectivity index (χ4v) is 10.9. The second kappa shape index (κ2) is 36.1. The number of benzene rings is 9. The Balaban J connectivity index is 0.000000336. The van der Waals surface area contributed by atoms with E-state index < -0.39 is 16.2 Å². The van der Waals surface area contributed by atoms with Crippen molar-refractivity contribution in [1.29, 1.82) is 0 Å². The monoisotopic (exact) mass is 1310 g/mol. The molecule has 0 atom stereocenters. The molecule has 0 heterocycles. The molecule has 0 spiro atoms. The minimum absolute atomic E-state index is 0. The molecule has 0 N–H and O–H groups in total. The zero-order valence-electron chi connectivity index (χ0n) is 43.6. The van der Waals surface area contributed by atoms with E-state index in [1.807, 2.05) is 93.6 Å². The second-order valence-electron chi connectivity index (χ2n) is 15.5. The second-order valence-corrected chi connectivity index (χ2v) is 22.1. The van der Waals surface area contributed by atoms with E-state index in [0.717, 1.165) is 52.1 Å². The molecule has 9 rings (SSSR count). The van der Waals surface area contributed by atoms with Gasteiger partial charge in [0.2, 0.25) is 0 Å². The van der Waals surface area contributed by atoms with Gasteiger partial charge in [-0.3, -0.25) is 9.36 Å². The summed E-state index contributed by atoms with van der Waals surface area (Å²) in [6.45, 7) is 12.0. The molecule has 0 aliphatic heterocycles. The fraction of sp³-hybridized carbons (Fsp3) is 0.197. The van der Waals surface area contributed by atoms with Gasteiger partial charge >= 0.3 is 45.8 Å². The van der Waals surface area contributed by atoms with Gasteiger partial charge in [-0.15, -0.1) is 0 Å². The molecule has 0 unspecified atom stereocenters. The van der Waals surface area contributed by atoms with Crippen molar-refractivity contribution in [2.45, 2.75) is 47.4 Å². The zero-order chi connectivity index (χ0) is 52.4. The van der Waals surface area contributed by atoms with Crippen LogP contribution in [-0.4, -0.2) is 39.3 Å². The van der Waals surface area contributed by atoms with Gasteiger partial charge in [-0.25, -0.2) is 0 Å². The summed E-state index contributed by atoms with van der Waals surface area (Å²) in [4.78, 5) is 11.2. The van der Waals surface area contributed by atoms with Crippen molar-refractivity contribution in [2.75, 3.05) is 33.0 Å². The Labute approximate surface area is 503 Å². The zero-order valence-corrected chi connectivity index (χ0v) is 52.7. The Morgan fingerprint density at radius 2 is 0.827 bits per heavy atom. The Kier molecular flexibility index (Phi) is 31.8. The average Bonchev–Trinajstić information content (AvgIpc) is 3.41. The van der Waals surface area contributed by atoms with E-state index in [1.165, 1.54) is 38.2 Å². The summed E-state index contributed by atoms with van der Waals surface area (Å²) >= 11 is 13.5. The molecule has 0 fully saturated rings. The molecule has 0 saturated carbocycles. The molecule has 9 aromatic rings. The summed E-state index contributed by atoms with van der Waals surface area (Å²) in [5, 5.41) is 10.9. The summed E-state index contributed by atoms with van der Waals surface area (Å²) in [6, 6.07) is 61.3. The molecule has 0 aromatic heterocycles. The predicted molar refractivity (Wildman–Crippen MR) is 332 cm³/mol. The molecular formula is C61H65Br4NaO7P2. The van der Waals surface area contributed by atoms with Gasteiger partial charge < -0.3 is 24.0 Å². The minimum atomic E-state index is -3.11. The first kappa shape index (κ1) is 66.1. The third-order valence-electron chi connectivity index (χ3n) is 10.6. The number of hydrogen-bond acceptors (Lipinski definition) is 7. The molecule has 0 amide bonds. The molecule has 0 saturated heterocycles. The van der Waals surface area contributed by atoms with Crippen molar-refractivity contribution in [2.24, 2.45) is 0 Å². The van der Waals surface area contributed by atoms with Crippen LogP contribution in [0.5, 0.6) is 0 Å². The largest absolute Gasteiger partial charge is 1.00 e. The maximum absolute atomic E-state index is 12.3. The van der Waals surface area contributed by atoms with Crippen molar-refractivity contribution in [3.05, 3.63) is 218 Å². The molecular weight excluding hydrogens is 1250 g/mol. The van der Waals surface area contributed by atoms with Crippen molar-refractivity contribution in [3.8, 4) is 0 Å². The summed E-state index contributed by atoms with van der Waals surface area (Å²) in [5.41, 5.74) is 4.57. The van der Waals surface area contributed by atoms with E-state index in [2.05, 4.69) is 173 Å². The molecule has 0 bridgehead atoms. The molecule has 0 aliphatic rings. The van der Waals surface area contributed by atoms with E-state index in [0.29, 0.717) is 38.3 Å². The quantitative estimate of drug-likeness (QED) is 0.0253. The van der Waals surface area contributed by atoms with Crippen LogP contribution in [0.3, 0.4) is 0 Å². The van der Waals surface area contributed by atoms with E-state index in [9.17, 15) is 9.36 Å². The summed E-state index contributed by atoms with van der Waals surface area (Å²) in [5.74, 6) is 0. The number of carbonyl (C=O) groups is 1. The van der Waals surface area contributed by atoms with Gasteiger partial charge in [-0.05, 0) is 155 Å². The maximum Gasteiger partial charge on any atom is 1.00 e. The van der Waals surface area contributed by atoms with Crippen LogP contribution >= 0.6 is 79.9 Å². The first-order valence-corrected chi connectivity index (χ1v) is 30.0. The van der Waals surface area contributed by atoms with Crippen LogP contribution in [0.25, 0.3) is 55.2 Å². The van der Waals surface area contributed by atoms with Crippen LogP contribution < -0.4 is 34.9 Å². The number of fused-ring (bicyclic) bond motifs is 4. The normalized spacial score (nSPS) is 10.7. The maximum atomic E-state index is 12.3. The number of alkyl halides is 1. The first-order chi connectivity index (χ1) is 35.5. The molecule has 0 radical (unpaired) electrons. The van der Waals surface area contributed by atoms with Crippen molar-refractivity contribution in [3.63, 3.8) is 0 Å².